The minimum absolute atomic E-state index is 0.0291. The zero-order chi connectivity index (χ0) is 18.2. The molecule has 3 nitrogen and oxygen atoms in total. The largest absolute Gasteiger partial charge is 0.392 e. The van der Waals surface area contributed by atoms with Crippen molar-refractivity contribution in [2.75, 3.05) is 6.61 Å². The first-order chi connectivity index (χ1) is 12.8. The second-order valence-corrected chi connectivity index (χ2v) is 7.02. The van der Waals surface area contributed by atoms with E-state index in [-0.39, 0.29) is 12.7 Å². The van der Waals surface area contributed by atoms with Crippen molar-refractivity contribution in [3.63, 3.8) is 0 Å². The molecule has 1 saturated heterocycles. The molecule has 0 aromatic heterocycles. The zero-order valence-electron chi connectivity index (χ0n) is 15.7. The molecule has 0 bridgehead atoms. The van der Waals surface area contributed by atoms with E-state index in [1.807, 2.05) is 54.6 Å². The van der Waals surface area contributed by atoms with E-state index in [2.05, 4.69) is 6.92 Å². The van der Waals surface area contributed by atoms with Crippen LogP contribution in [-0.4, -0.2) is 17.8 Å². The van der Waals surface area contributed by atoms with Crippen LogP contribution < -0.4 is 0 Å². The SMILES string of the molecule is CCCCCCC1CCOC(c2ccccc2)(c2ccccc2CO)O1. The van der Waals surface area contributed by atoms with Gasteiger partial charge in [0.2, 0.25) is 5.79 Å². The van der Waals surface area contributed by atoms with Crippen molar-refractivity contribution in [2.24, 2.45) is 0 Å². The molecular weight excluding hydrogens is 324 g/mol. The maximum Gasteiger partial charge on any atom is 0.222 e. The van der Waals surface area contributed by atoms with Gasteiger partial charge in [0.05, 0.1) is 19.3 Å². The maximum atomic E-state index is 9.87. The Morgan fingerprint density at radius 2 is 1.77 bits per heavy atom. The van der Waals surface area contributed by atoms with Crippen LogP contribution in [0.2, 0.25) is 0 Å². The van der Waals surface area contributed by atoms with E-state index in [1.54, 1.807) is 0 Å². The Kier molecular flexibility index (Phi) is 6.84. The third kappa shape index (κ3) is 4.17. The van der Waals surface area contributed by atoms with Gasteiger partial charge in [-0.15, -0.1) is 0 Å². The van der Waals surface area contributed by atoms with Gasteiger partial charge in [-0.1, -0.05) is 87.2 Å². The van der Waals surface area contributed by atoms with Crippen LogP contribution in [-0.2, 0) is 21.9 Å². The van der Waals surface area contributed by atoms with Gasteiger partial charge in [0, 0.05) is 11.1 Å². The van der Waals surface area contributed by atoms with Gasteiger partial charge < -0.3 is 14.6 Å². The van der Waals surface area contributed by atoms with Crippen molar-refractivity contribution in [3.05, 3.63) is 71.3 Å². The zero-order valence-corrected chi connectivity index (χ0v) is 15.7. The van der Waals surface area contributed by atoms with Gasteiger partial charge in [-0.2, -0.15) is 0 Å². The van der Waals surface area contributed by atoms with Gasteiger partial charge in [-0.25, -0.2) is 0 Å². The van der Waals surface area contributed by atoms with Crippen molar-refractivity contribution < 1.29 is 14.6 Å². The first-order valence-corrected chi connectivity index (χ1v) is 9.86. The smallest absolute Gasteiger partial charge is 0.222 e. The summed E-state index contributed by atoms with van der Waals surface area (Å²) in [4.78, 5) is 0. The molecule has 2 atom stereocenters. The standard InChI is InChI=1S/C23H30O3/c1-2-3-4-8-14-21-16-17-25-23(26-21,20-12-6-5-7-13-20)22-15-10-9-11-19(22)18-24/h5-7,9-13,15,21,24H,2-4,8,14,16-18H2,1H3. The second-order valence-electron chi connectivity index (χ2n) is 7.02. The van der Waals surface area contributed by atoms with Gasteiger partial charge in [0.25, 0.3) is 0 Å². The summed E-state index contributed by atoms with van der Waals surface area (Å²) >= 11 is 0. The van der Waals surface area contributed by atoms with Crippen LogP contribution in [0.15, 0.2) is 54.6 Å². The summed E-state index contributed by atoms with van der Waals surface area (Å²) in [6, 6.07) is 18.0. The van der Waals surface area contributed by atoms with Crippen molar-refractivity contribution in [2.45, 2.75) is 63.9 Å². The lowest BCUT2D eigenvalue weighted by Gasteiger charge is -2.42. The lowest BCUT2D eigenvalue weighted by Crippen LogP contribution is -2.44. The van der Waals surface area contributed by atoms with Crippen LogP contribution in [0.1, 0.15) is 62.1 Å². The van der Waals surface area contributed by atoms with E-state index in [4.69, 9.17) is 9.47 Å². The summed E-state index contributed by atoms with van der Waals surface area (Å²) in [5.74, 6) is -0.936. The van der Waals surface area contributed by atoms with E-state index < -0.39 is 5.79 Å². The molecule has 3 heteroatoms. The van der Waals surface area contributed by atoms with Crippen LogP contribution in [0.3, 0.4) is 0 Å². The predicted octanol–water partition coefficient (Wildman–Crippen LogP) is 5.16. The van der Waals surface area contributed by atoms with Crippen molar-refractivity contribution >= 4 is 0 Å². The number of hydrogen-bond acceptors (Lipinski definition) is 3. The molecule has 1 heterocycles. The molecule has 2 aromatic carbocycles. The molecule has 0 radical (unpaired) electrons. The maximum absolute atomic E-state index is 9.87. The number of ether oxygens (including phenoxy) is 2. The molecule has 1 N–H and O–H groups in total. The Labute approximate surface area is 157 Å². The minimum Gasteiger partial charge on any atom is -0.392 e. The summed E-state index contributed by atoms with van der Waals surface area (Å²) in [7, 11) is 0. The molecule has 0 amide bonds. The molecule has 0 saturated carbocycles. The number of aliphatic hydroxyl groups is 1. The minimum atomic E-state index is -0.936. The quantitative estimate of drug-likeness (QED) is 0.666. The number of aliphatic hydroxyl groups excluding tert-OH is 1. The molecule has 26 heavy (non-hydrogen) atoms. The van der Waals surface area contributed by atoms with Crippen LogP contribution in [0.5, 0.6) is 0 Å². The normalized spacial score (nSPS) is 23.1. The molecule has 2 unspecified atom stereocenters. The van der Waals surface area contributed by atoms with Crippen LogP contribution >= 0.6 is 0 Å². The molecule has 0 aliphatic carbocycles. The molecule has 1 aliphatic rings. The van der Waals surface area contributed by atoms with Gasteiger partial charge >= 0.3 is 0 Å². The van der Waals surface area contributed by atoms with Gasteiger partial charge in [-0.3, -0.25) is 0 Å². The highest BCUT2D eigenvalue weighted by Crippen LogP contribution is 2.42. The Bertz CT molecular complexity index is 670. The fraction of sp³-hybridized carbons (Fsp3) is 0.478. The monoisotopic (exact) mass is 354 g/mol. The lowest BCUT2D eigenvalue weighted by molar-refractivity contribution is -0.279. The first kappa shape index (κ1) is 19.1. The summed E-state index contributed by atoms with van der Waals surface area (Å²) in [6.45, 7) is 2.86. The third-order valence-corrected chi connectivity index (χ3v) is 5.15. The number of hydrogen-bond donors (Lipinski definition) is 1. The summed E-state index contributed by atoms with van der Waals surface area (Å²) < 4.78 is 12.9. The predicted molar refractivity (Wildman–Crippen MR) is 104 cm³/mol. The summed E-state index contributed by atoms with van der Waals surface area (Å²) in [5.41, 5.74) is 2.74. The highest BCUT2D eigenvalue weighted by atomic mass is 16.7. The third-order valence-electron chi connectivity index (χ3n) is 5.15. The second kappa shape index (κ2) is 9.31. The summed E-state index contributed by atoms with van der Waals surface area (Å²) in [5, 5.41) is 9.87. The molecule has 0 spiro atoms. The average Bonchev–Trinajstić information content (AvgIpc) is 2.72. The van der Waals surface area contributed by atoms with Crippen molar-refractivity contribution in [3.8, 4) is 0 Å². The average molecular weight is 354 g/mol. The van der Waals surface area contributed by atoms with E-state index in [0.29, 0.717) is 6.61 Å². The van der Waals surface area contributed by atoms with E-state index in [1.165, 1.54) is 25.7 Å². The number of rotatable bonds is 8. The fourth-order valence-electron chi connectivity index (χ4n) is 3.75. The van der Waals surface area contributed by atoms with Gasteiger partial charge in [-0.05, 0) is 18.4 Å². The molecule has 3 rings (SSSR count). The Hall–Kier alpha value is -1.68. The Morgan fingerprint density at radius 1 is 1.00 bits per heavy atom. The Morgan fingerprint density at radius 3 is 2.54 bits per heavy atom. The van der Waals surface area contributed by atoms with Crippen molar-refractivity contribution in [1.29, 1.82) is 0 Å². The fourth-order valence-corrected chi connectivity index (χ4v) is 3.75. The van der Waals surface area contributed by atoms with E-state index >= 15 is 0 Å². The van der Waals surface area contributed by atoms with Crippen LogP contribution in [0, 0.1) is 0 Å². The number of unbranched alkanes of at least 4 members (excludes halogenated alkanes) is 3. The highest BCUT2D eigenvalue weighted by Gasteiger charge is 2.43. The Balaban J connectivity index is 1.91. The molecule has 1 aliphatic heterocycles. The topological polar surface area (TPSA) is 38.7 Å². The molecule has 2 aromatic rings. The van der Waals surface area contributed by atoms with E-state index in [9.17, 15) is 5.11 Å². The van der Waals surface area contributed by atoms with Crippen molar-refractivity contribution in [1.82, 2.24) is 0 Å². The van der Waals surface area contributed by atoms with Gasteiger partial charge in [0.1, 0.15) is 0 Å². The molecule has 1 fully saturated rings. The molecule has 140 valence electrons. The summed E-state index contributed by atoms with van der Waals surface area (Å²) in [6.07, 6.45) is 7.11. The highest BCUT2D eigenvalue weighted by molar-refractivity contribution is 5.39. The lowest BCUT2D eigenvalue weighted by atomic mass is 9.91. The van der Waals surface area contributed by atoms with Crippen LogP contribution in [0.4, 0.5) is 0 Å². The van der Waals surface area contributed by atoms with Crippen LogP contribution in [0.25, 0.3) is 0 Å². The molecular formula is C23H30O3. The first-order valence-electron chi connectivity index (χ1n) is 9.86. The van der Waals surface area contributed by atoms with E-state index in [0.717, 1.165) is 29.5 Å². The number of benzene rings is 2. The van der Waals surface area contributed by atoms with Gasteiger partial charge in [0.15, 0.2) is 0 Å².